The second-order valence-corrected chi connectivity index (χ2v) is 5.64. The molecule has 0 spiro atoms. The molecule has 6 nitrogen and oxygen atoms in total. The lowest BCUT2D eigenvalue weighted by atomic mass is 10.1. The van der Waals surface area contributed by atoms with Gasteiger partial charge in [-0.3, -0.25) is 9.59 Å². The lowest BCUT2D eigenvalue weighted by Crippen LogP contribution is -2.13. The van der Waals surface area contributed by atoms with Crippen LogP contribution in [-0.4, -0.2) is 21.7 Å². The van der Waals surface area contributed by atoms with Crippen molar-refractivity contribution in [3.8, 4) is 0 Å². The number of nitrogens with one attached hydrogen (secondary N) is 2. The maximum atomic E-state index is 13.6. The summed E-state index contributed by atoms with van der Waals surface area (Å²) in [6.07, 6.45) is 2.53. The van der Waals surface area contributed by atoms with Crippen molar-refractivity contribution in [1.29, 1.82) is 0 Å². The number of benzene rings is 2. The zero-order valence-electron chi connectivity index (χ0n) is 14.2. The highest BCUT2D eigenvalue weighted by Crippen LogP contribution is 2.18. The van der Waals surface area contributed by atoms with E-state index in [2.05, 4.69) is 20.6 Å². The molecule has 0 saturated carbocycles. The van der Waals surface area contributed by atoms with E-state index < -0.39 is 17.5 Å². The smallest absolute Gasteiger partial charge is 0.258 e. The van der Waals surface area contributed by atoms with Crippen LogP contribution in [0.4, 0.5) is 26.1 Å². The molecule has 0 radical (unpaired) electrons. The molecular formula is C19H14F2N4O2. The fraction of sp³-hybridized carbons (Fsp3) is 0.0526. The molecule has 0 saturated heterocycles. The van der Waals surface area contributed by atoms with Gasteiger partial charge >= 0.3 is 0 Å². The molecule has 1 aromatic heterocycles. The number of anilines is 3. The Bertz CT molecular complexity index is 1010. The summed E-state index contributed by atoms with van der Waals surface area (Å²) in [5, 5.41) is 5.25. The highest BCUT2D eigenvalue weighted by atomic mass is 19.1. The standard InChI is InChI=1S/C19H14F2N4O2/c1-11(26)12-3-2-4-15(7-12)24-18(27)13-9-22-19(23-10-13)25-17-6-5-14(20)8-16(17)21/h2-10H,1H3,(H,24,27)(H,22,23,25). The third-order valence-electron chi connectivity index (χ3n) is 3.62. The molecule has 1 amide bonds. The lowest BCUT2D eigenvalue weighted by molar-refractivity contribution is 0.101. The molecule has 2 aromatic carbocycles. The van der Waals surface area contributed by atoms with E-state index in [0.717, 1.165) is 12.1 Å². The highest BCUT2D eigenvalue weighted by molar-refractivity contribution is 6.04. The summed E-state index contributed by atoms with van der Waals surface area (Å²) in [5.41, 5.74) is 1.12. The normalized spacial score (nSPS) is 10.3. The van der Waals surface area contributed by atoms with Crippen LogP contribution in [0.2, 0.25) is 0 Å². The van der Waals surface area contributed by atoms with Gasteiger partial charge in [-0.1, -0.05) is 12.1 Å². The number of nitrogens with zero attached hydrogens (tertiary/aromatic N) is 2. The van der Waals surface area contributed by atoms with E-state index >= 15 is 0 Å². The summed E-state index contributed by atoms with van der Waals surface area (Å²) in [6, 6.07) is 9.58. The molecule has 27 heavy (non-hydrogen) atoms. The number of hydrogen-bond donors (Lipinski definition) is 2. The van der Waals surface area contributed by atoms with Crippen LogP contribution in [0, 0.1) is 11.6 Å². The molecule has 2 N–H and O–H groups in total. The average molecular weight is 368 g/mol. The Morgan fingerprint density at radius 2 is 1.70 bits per heavy atom. The molecular weight excluding hydrogens is 354 g/mol. The van der Waals surface area contributed by atoms with Crippen molar-refractivity contribution >= 4 is 29.0 Å². The van der Waals surface area contributed by atoms with Crippen molar-refractivity contribution < 1.29 is 18.4 Å². The number of carbonyl (C=O) groups is 2. The first-order valence-corrected chi connectivity index (χ1v) is 7.89. The van der Waals surface area contributed by atoms with Gasteiger partial charge in [0.15, 0.2) is 5.78 Å². The number of rotatable bonds is 5. The molecule has 0 unspecified atom stereocenters. The van der Waals surface area contributed by atoms with Crippen molar-refractivity contribution in [3.05, 3.63) is 77.6 Å². The molecule has 8 heteroatoms. The van der Waals surface area contributed by atoms with Gasteiger partial charge in [0.2, 0.25) is 5.95 Å². The van der Waals surface area contributed by atoms with Crippen molar-refractivity contribution in [2.45, 2.75) is 6.92 Å². The number of amides is 1. The van der Waals surface area contributed by atoms with Crippen molar-refractivity contribution in [1.82, 2.24) is 9.97 Å². The molecule has 0 bridgehead atoms. The van der Waals surface area contributed by atoms with Crippen LogP contribution in [0.1, 0.15) is 27.6 Å². The van der Waals surface area contributed by atoms with Gasteiger partial charge in [0.1, 0.15) is 11.6 Å². The van der Waals surface area contributed by atoms with E-state index in [1.807, 2.05) is 0 Å². The van der Waals surface area contributed by atoms with Crippen molar-refractivity contribution in [2.24, 2.45) is 0 Å². The van der Waals surface area contributed by atoms with Crippen LogP contribution in [0.15, 0.2) is 54.9 Å². The number of carbonyl (C=O) groups excluding carboxylic acids is 2. The zero-order valence-corrected chi connectivity index (χ0v) is 14.2. The quantitative estimate of drug-likeness (QED) is 0.666. The molecule has 3 aromatic rings. The Morgan fingerprint density at radius 3 is 2.37 bits per heavy atom. The number of aromatic nitrogens is 2. The van der Waals surface area contributed by atoms with Crippen LogP contribution in [-0.2, 0) is 0 Å². The minimum Gasteiger partial charge on any atom is -0.322 e. The van der Waals surface area contributed by atoms with Gasteiger partial charge in [-0.05, 0) is 31.2 Å². The summed E-state index contributed by atoms with van der Waals surface area (Å²) in [5.74, 6) is -2.01. The molecule has 0 fully saturated rings. The predicted molar refractivity (Wildman–Crippen MR) is 96.1 cm³/mol. The van der Waals surface area contributed by atoms with Crippen LogP contribution < -0.4 is 10.6 Å². The Balaban J connectivity index is 1.70. The molecule has 0 aliphatic carbocycles. The molecule has 1 heterocycles. The van der Waals surface area contributed by atoms with Crippen LogP contribution in [0.5, 0.6) is 0 Å². The minimum absolute atomic E-state index is 0.00893. The van der Waals surface area contributed by atoms with Crippen molar-refractivity contribution in [3.63, 3.8) is 0 Å². The largest absolute Gasteiger partial charge is 0.322 e. The average Bonchev–Trinajstić information content (AvgIpc) is 2.65. The van der Waals surface area contributed by atoms with E-state index in [9.17, 15) is 18.4 Å². The topological polar surface area (TPSA) is 84.0 Å². The van der Waals surface area contributed by atoms with Crippen LogP contribution >= 0.6 is 0 Å². The maximum absolute atomic E-state index is 13.6. The van der Waals surface area contributed by atoms with Gasteiger partial charge in [-0.25, -0.2) is 18.7 Å². The van der Waals surface area contributed by atoms with Gasteiger partial charge in [-0.15, -0.1) is 0 Å². The highest BCUT2D eigenvalue weighted by Gasteiger charge is 2.10. The Hall–Kier alpha value is -3.68. The van der Waals surface area contributed by atoms with E-state index in [4.69, 9.17) is 0 Å². The monoisotopic (exact) mass is 368 g/mol. The fourth-order valence-electron chi connectivity index (χ4n) is 2.24. The third kappa shape index (κ3) is 4.49. The molecule has 0 aliphatic rings. The summed E-state index contributed by atoms with van der Waals surface area (Å²) in [6.45, 7) is 1.43. The number of halogens is 2. The van der Waals surface area contributed by atoms with Crippen LogP contribution in [0.25, 0.3) is 0 Å². The SMILES string of the molecule is CC(=O)c1cccc(NC(=O)c2cnc(Nc3ccc(F)cc3F)nc2)c1. The Kier molecular flexibility index (Phi) is 5.16. The van der Waals surface area contributed by atoms with E-state index in [1.54, 1.807) is 24.3 Å². The first kappa shape index (κ1) is 18.1. The van der Waals surface area contributed by atoms with Gasteiger partial charge in [0.25, 0.3) is 5.91 Å². The first-order valence-electron chi connectivity index (χ1n) is 7.89. The molecule has 0 aliphatic heterocycles. The summed E-state index contributed by atoms with van der Waals surface area (Å²) in [4.78, 5) is 31.6. The molecule has 0 atom stereocenters. The Labute approximate surface area is 153 Å². The number of Topliss-reactive ketones (excluding diaryl/α,β-unsaturated/α-hetero) is 1. The molecule has 3 rings (SSSR count). The maximum Gasteiger partial charge on any atom is 0.258 e. The van der Waals surface area contributed by atoms with Crippen molar-refractivity contribution in [2.75, 3.05) is 10.6 Å². The first-order chi connectivity index (χ1) is 12.9. The third-order valence-corrected chi connectivity index (χ3v) is 3.62. The molecule has 136 valence electrons. The minimum atomic E-state index is -0.786. The van der Waals surface area contributed by atoms with Gasteiger partial charge in [0.05, 0.1) is 11.3 Å². The Morgan fingerprint density at radius 1 is 0.963 bits per heavy atom. The second-order valence-electron chi connectivity index (χ2n) is 5.64. The fourth-order valence-corrected chi connectivity index (χ4v) is 2.24. The zero-order chi connectivity index (χ0) is 19.4. The second kappa shape index (κ2) is 7.69. The van der Waals surface area contributed by atoms with Crippen LogP contribution in [0.3, 0.4) is 0 Å². The van der Waals surface area contributed by atoms with E-state index in [-0.39, 0.29) is 23.0 Å². The predicted octanol–water partition coefficient (Wildman–Crippen LogP) is 3.95. The summed E-state index contributed by atoms with van der Waals surface area (Å²) >= 11 is 0. The van der Waals surface area contributed by atoms with Gasteiger partial charge in [-0.2, -0.15) is 0 Å². The lowest BCUT2D eigenvalue weighted by Gasteiger charge is -2.08. The van der Waals surface area contributed by atoms with E-state index in [1.165, 1.54) is 25.4 Å². The van der Waals surface area contributed by atoms with Gasteiger partial charge < -0.3 is 10.6 Å². The van der Waals surface area contributed by atoms with E-state index in [0.29, 0.717) is 11.3 Å². The number of ketones is 1. The summed E-state index contributed by atoms with van der Waals surface area (Å²) in [7, 11) is 0. The summed E-state index contributed by atoms with van der Waals surface area (Å²) < 4.78 is 26.5. The van der Waals surface area contributed by atoms with Gasteiger partial charge in [0, 0.05) is 29.7 Å². The number of hydrogen-bond acceptors (Lipinski definition) is 5.